The third-order valence-corrected chi connectivity index (χ3v) is 4.49. The summed E-state index contributed by atoms with van der Waals surface area (Å²) in [5.74, 6) is 0.891. The van der Waals surface area contributed by atoms with Gasteiger partial charge >= 0.3 is 5.63 Å². The second-order valence-electron chi connectivity index (χ2n) is 5.88. The van der Waals surface area contributed by atoms with Crippen LogP contribution in [0.4, 0.5) is 0 Å². The summed E-state index contributed by atoms with van der Waals surface area (Å²) in [5, 5.41) is 2.00. The molecular formula is C20H16O3. The van der Waals surface area contributed by atoms with E-state index in [-0.39, 0.29) is 5.63 Å². The zero-order chi connectivity index (χ0) is 16.1. The molecule has 2 aromatic heterocycles. The monoisotopic (exact) mass is 304 g/mol. The van der Waals surface area contributed by atoms with Gasteiger partial charge in [-0.3, -0.25) is 0 Å². The van der Waals surface area contributed by atoms with E-state index in [1.165, 1.54) is 0 Å². The zero-order valence-electron chi connectivity index (χ0n) is 13.3. The zero-order valence-corrected chi connectivity index (χ0v) is 13.3. The van der Waals surface area contributed by atoms with Gasteiger partial charge in [0.15, 0.2) is 0 Å². The van der Waals surface area contributed by atoms with E-state index in [2.05, 4.69) is 6.07 Å². The van der Waals surface area contributed by atoms with E-state index >= 15 is 0 Å². The molecule has 23 heavy (non-hydrogen) atoms. The molecule has 0 aliphatic rings. The van der Waals surface area contributed by atoms with Gasteiger partial charge in [-0.25, -0.2) is 4.79 Å². The van der Waals surface area contributed by atoms with Crippen LogP contribution in [0.1, 0.15) is 16.9 Å². The summed E-state index contributed by atoms with van der Waals surface area (Å²) < 4.78 is 11.4. The number of benzene rings is 2. The molecule has 4 rings (SSSR count). The molecule has 0 bridgehead atoms. The first kappa shape index (κ1) is 13.8. The van der Waals surface area contributed by atoms with Gasteiger partial charge in [0.05, 0.1) is 0 Å². The van der Waals surface area contributed by atoms with Gasteiger partial charge in [0, 0.05) is 22.4 Å². The maximum Gasteiger partial charge on any atom is 0.336 e. The van der Waals surface area contributed by atoms with Crippen LogP contribution in [-0.2, 0) is 0 Å². The first-order valence-corrected chi connectivity index (χ1v) is 7.59. The molecule has 114 valence electrons. The van der Waals surface area contributed by atoms with Crippen molar-refractivity contribution in [2.45, 2.75) is 20.8 Å². The standard InChI is InChI=1S/C20H16O3/c1-11-13(3)22-19-12(2)20-17(9-15(11)19)16(10-18(21)23-20)14-7-5-4-6-8-14/h4-10H,1-3H3. The van der Waals surface area contributed by atoms with Crippen molar-refractivity contribution in [1.82, 2.24) is 0 Å². The molecular weight excluding hydrogens is 288 g/mol. The summed E-state index contributed by atoms with van der Waals surface area (Å²) in [4.78, 5) is 12.0. The largest absolute Gasteiger partial charge is 0.461 e. The molecule has 0 saturated carbocycles. The molecule has 0 fully saturated rings. The second kappa shape index (κ2) is 4.85. The molecule has 3 heteroatoms. The number of hydrogen-bond acceptors (Lipinski definition) is 3. The molecule has 0 N–H and O–H groups in total. The van der Waals surface area contributed by atoms with Crippen molar-refractivity contribution < 1.29 is 8.83 Å². The lowest BCUT2D eigenvalue weighted by Crippen LogP contribution is -1.99. The van der Waals surface area contributed by atoms with Crippen LogP contribution in [0, 0.1) is 20.8 Å². The molecule has 0 unspecified atom stereocenters. The van der Waals surface area contributed by atoms with Crippen molar-refractivity contribution in [3.63, 3.8) is 0 Å². The third kappa shape index (κ3) is 2.00. The fraction of sp³-hybridized carbons (Fsp3) is 0.150. The van der Waals surface area contributed by atoms with Crippen LogP contribution < -0.4 is 5.63 Å². The predicted octanol–water partition coefficient (Wildman–Crippen LogP) is 5.13. The summed E-state index contributed by atoms with van der Waals surface area (Å²) in [6.07, 6.45) is 0. The van der Waals surface area contributed by atoms with E-state index in [9.17, 15) is 4.79 Å². The lowest BCUT2D eigenvalue weighted by atomic mass is 9.98. The molecule has 4 aromatic rings. The fourth-order valence-corrected chi connectivity index (χ4v) is 3.13. The fourth-order valence-electron chi connectivity index (χ4n) is 3.13. The van der Waals surface area contributed by atoms with Gasteiger partial charge in [0.1, 0.15) is 16.9 Å². The summed E-state index contributed by atoms with van der Waals surface area (Å²) in [7, 11) is 0. The molecule has 2 heterocycles. The number of aryl methyl sites for hydroxylation is 3. The number of hydrogen-bond donors (Lipinski definition) is 0. The molecule has 0 radical (unpaired) electrons. The minimum Gasteiger partial charge on any atom is -0.461 e. The Morgan fingerprint density at radius 1 is 0.783 bits per heavy atom. The average molecular weight is 304 g/mol. The molecule has 0 saturated heterocycles. The summed E-state index contributed by atoms with van der Waals surface area (Å²) in [5.41, 5.74) is 4.91. The Labute approximate surface area is 133 Å². The van der Waals surface area contributed by atoms with Gasteiger partial charge in [-0.1, -0.05) is 30.3 Å². The highest BCUT2D eigenvalue weighted by atomic mass is 16.4. The molecule has 0 aliphatic carbocycles. The Hall–Kier alpha value is -2.81. The third-order valence-electron chi connectivity index (χ3n) is 4.49. The minimum atomic E-state index is -0.348. The van der Waals surface area contributed by atoms with Crippen molar-refractivity contribution in [1.29, 1.82) is 0 Å². The van der Waals surface area contributed by atoms with Crippen LogP contribution in [0.2, 0.25) is 0 Å². The summed E-state index contributed by atoms with van der Waals surface area (Å²) >= 11 is 0. The van der Waals surface area contributed by atoms with Gasteiger partial charge in [0.25, 0.3) is 0 Å². The topological polar surface area (TPSA) is 43.4 Å². The lowest BCUT2D eigenvalue weighted by Gasteiger charge is -2.08. The Balaban J connectivity index is 2.22. The van der Waals surface area contributed by atoms with Crippen molar-refractivity contribution in [3.05, 3.63) is 69.8 Å². The second-order valence-corrected chi connectivity index (χ2v) is 5.88. The number of furan rings is 1. The lowest BCUT2D eigenvalue weighted by molar-refractivity contribution is 0.552. The van der Waals surface area contributed by atoms with Crippen molar-refractivity contribution in [3.8, 4) is 11.1 Å². The van der Waals surface area contributed by atoms with Gasteiger partial charge in [-0.15, -0.1) is 0 Å². The van der Waals surface area contributed by atoms with Gasteiger partial charge in [-0.05, 0) is 43.5 Å². The van der Waals surface area contributed by atoms with E-state index in [1.54, 1.807) is 6.07 Å². The highest BCUT2D eigenvalue weighted by molar-refractivity contribution is 6.04. The smallest absolute Gasteiger partial charge is 0.336 e. The predicted molar refractivity (Wildman–Crippen MR) is 91.9 cm³/mol. The van der Waals surface area contributed by atoms with Crippen LogP contribution >= 0.6 is 0 Å². The van der Waals surface area contributed by atoms with Crippen molar-refractivity contribution in [2.24, 2.45) is 0 Å². The first-order chi connectivity index (χ1) is 11.1. The molecule has 3 nitrogen and oxygen atoms in total. The SMILES string of the molecule is Cc1oc2c(C)c3oc(=O)cc(-c4ccccc4)c3cc2c1C. The molecule has 2 aromatic carbocycles. The van der Waals surface area contributed by atoms with Gasteiger partial charge < -0.3 is 8.83 Å². The summed E-state index contributed by atoms with van der Waals surface area (Å²) in [6, 6.07) is 13.5. The minimum absolute atomic E-state index is 0.348. The van der Waals surface area contributed by atoms with Crippen LogP contribution in [0.5, 0.6) is 0 Å². The maximum atomic E-state index is 12.0. The van der Waals surface area contributed by atoms with E-state index in [0.717, 1.165) is 44.4 Å². The normalized spacial score (nSPS) is 11.4. The van der Waals surface area contributed by atoms with Crippen molar-refractivity contribution in [2.75, 3.05) is 0 Å². The highest BCUT2D eigenvalue weighted by Gasteiger charge is 2.17. The maximum absolute atomic E-state index is 12.0. The Morgan fingerprint density at radius 3 is 2.22 bits per heavy atom. The average Bonchev–Trinajstić information content (AvgIpc) is 2.84. The molecule has 0 atom stereocenters. The van der Waals surface area contributed by atoms with Crippen LogP contribution in [0.15, 0.2) is 56.1 Å². The van der Waals surface area contributed by atoms with E-state index < -0.39 is 0 Å². The van der Waals surface area contributed by atoms with Gasteiger partial charge in [-0.2, -0.15) is 0 Å². The number of rotatable bonds is 1. The van der Waals surface area contributed by atoms with Crippen LogP contribution in [0.25, 0.3) is 33.1 Å². The van der Waals surface area contributed by atoms with Crippen LogP contribution in [-0.4, -0.2) is 0 Å². The molecule has 0 spiro atoms. The Kier molecular flexibility index (Phi) is 2.91. The molecule has 0 amide bonds. The molecule has 0 aliphatic heterocycles. The van der Waals surface area contributed by atoms with Gasteiger partial charge in [0.2, 0.25) is 0 Å². The van der Waals surface area contributed by atoms with E-state index in [4.69, 9.17) is 8.83 Å². The quantitative estimate of drug-likeness (QED) is 0.458. The number of fused-ring (bicyclic) bond motifs is 2. The van der Waals surface area contributed by atoms with E-state index in [1.807, 2.05) is 51.1 Å². The van der Waals surface area contributed by atoms with E-state index in [0.29, 0.717) is 5.58 Å². The Morgan fingerprint density at radius 2 is 1.48 bits per heavy atom. The Bertz CT molecular complexity index is 1100. The highest BCUT2D eigenvalue weighted by Crippen LogP contribution is 2.36. The summed E-state index contributed by atoms with van der Waals surface area (Å²) in [6.45, 7) is 5.94. The van der Waals surface area contributed by atoms with Crippen LogP contribution in [0.3, 0.4) is 0 Å². The first-order valence-electron chi connectivity index (χ1n) is 7.59. The van der Waals surface area contributed by atoms with Crippen molar-refractivity contribution >= 4 is 21.9 Å².